The van der Waals surface area contributed by atoms with Gasteiger partial charge in [0.2, 0.25) is 5.91 Å². The summed E-state index contributed by atoms with van der Waals surface area (Å²) in [5.41, 5.74) is 6.23. The Kier molecular flexibility index (Phi) is 5.40. The zero-order valence-corrected chi connectivity index (χ0v) is 13.3. The van der Waals surface area contributed by atoms with Crippen molar-refractivity contribution < 1.29 is 4.79 Å². The van der Waals surface area contributed by atoms with Crippen molar-refractivity contribution in [3.8, 4) is 0 Å². The van der Waals surface area contributed by atoms with E-state index >= 15 is 0 Å². The number of nitrogens with zero attached hydrogens (tertiary/aromatic N) is 1. The Morgan fingerprint density at radius 1 is 1.24 bits per heavy atom. The molecule has 3 nitrogen and oxygen atoms in total. The Morgan fingerprint density at radius 3 is 2.48 bits per heavy atom. The average Bonchev–Trinajstić information content (AvgIpc) is 2.53. The van der Waals surface area contributed by atoms with E-state index in [-0.39, 0.29) is 5.91 Å². The van der Waals surface area contributed by atoms with Crippen LogP contribution in [0.15, 0.2) is 30.3 Å². The van der Waals surface area contributed by atoms with Gasteiger partial charge in [0.1, 0.15) is 5.54 Å². The van der Waals surface area contributed by atoms with Crippen LogP contribution in [0.25, 0.3) is 0 Å². The first-order valence-corrected chi connectivity index (χ1v) is 8.12. The maximum absolute atomic E-state index is 12.6. The SMILES string of the molecule is CN(CCC1CCCCC1)C(=O)C(C)(N)c1ccccc1. The molecule has 1 fully saturated rings. The molecule has 0 aromatic heterocycles. The standard InChI is InChI=1S/C18H28N2O/c1-18(19,16-11-7-4-8-12-16)17(21)20(2)14-13-15-9-5-3-6-10-15/h4,7-8,11-12,15H,3,5-6,9-10,13-14,19H2,1-2H3. The quantitative estimate of drug-likeness (QED) is 0.903. The first-order valence-electron chi connectivity index (χ1n) is 8.12. The number of rotatable bonds is 5. The molecule has 21 heavy (non-hydrogen) atoms. The van der Waals surface area contributed by atoms with Gasteiger partial charge in [-0.15, -0.1) is 0 Å². The summed E-state index contributed by atoms with van der Waals surface area (Å²) in [5.74, 6) is 0.791. The number of amides is 1. The Bertz CT molecular complexity index is 450. The van der Waals surface area contributed by atoms with E-state index < -0.39 is 5.54 Å². The monoisotopic (exact) mass is 288 g/mol. The zero-order valence-electron chi connectivity index (χ0n) is 13.3. The lowest BCUT2D eigenvalue weighted by Crippen LogP contribution is -2.50. The molecule has 2 rings (SSSR count). The van der Waals surface area contributed by atoms with E-state index in [4.69, 9.17) is 5.73 Å². The zero-order chi connectivity index (χ0) is 15.3. The summed E-state index contributed by atoms with van der Waals surface area (Å²) in [7, 11) is 1.87. The van der Waals surface area contributed by atoms with Gasteiger partial charge >= 0.3 is 0 Å². The number of nitrogens with two attached hydrogens (primary N) is 1. The minimum Gasteiger partial charge on any atom is -0.344 e. The van der Waals surface area contributed by atoms with Crippen molar-refractivity contribution in [1.29, 1.82) is 0 Å². The van der Waals surface area contributed by atoms with Crippen LogP contribution in [0.4, 0.5) is 0 Å². The Balaban J connectivity index is 1.91. The molecule has 0 aliphatic heterocycles. The summed E-state index contributed by atoms with van der Waals surface area (Å²) in [6.07, 6.45) is 7.82. The molecule has 2 N–H and O–H groups in total. The van der Waals surface area contributed by atoms with Gasteiger partial charge in [0.25, 0.3) is 0 Å². The maximum Gasteiger partial charge on any atom is 0.246 e. The summed E-state index contributed by atoms with van der Waals surface area (Å²) in [5, 5.41) is 0. The van der Waals surface area contributed by atoms with Crippen molar-refractivity contribution in [2.45, 2.75) is 51.0 Å². The lowest BCUT2D eigenvalue weighted by molar-refractivity contribution is -0.135. The van der Waals surface area contributed by atoms with Crippen molar-refractivity contribution in [3.05, 3.63) is 35.9 Å². The highest BCUT2D eigenvalue weighted by Gasteiger charge is 2.33. The molecule has 1 unspecified atom stereocenters. The van der Waals surface area contributed by atoms with Gasteiger partial charge < -0.3 is 10.6 Å². The van der Waals surface area contributed by atoms with Crippen molar-refractivity contribution >= 4 is 5.91 Å². The number of benzene rings is 1. The van der Waals surface area contributed by atoms with Crippen LogP contribution in [-0.4, -0.2) is 24.4 Å². The van der Waals surface area contributed by atoms with Gasteiger partial charge in [-0.2, -0.15) is 0 Å². The summed E-state index contributed by atoms with van der Waals surface area (Å²) in [6.45, 7) is 2.62. The molecule has 1 aliphatic rings. The third kappa shape index (κ3) is 4.07. The van der Waals surface area contributed by atoms with E-state index in [1.807, 2.05) is 49.2 Å². The van der Waals surface area contributed by atoms with Gasteiger partial charge in [-0.05, 0) is 24.8 Å². The minimum atomic E-state index is -0.942. The van der Waals surface area contributed by atoms with Crippen LogP contribution in [-0.2, 0) is 10.3 Å². The van der Waals surface area contributed by atoms with Crippen LogP contribution in [0.1, 0.15) is 51.0 Å². The van der Waals surface area contributed by atoms with Crippen molar-refractivity contribution in [2.75, 3.05) is 13.6 Å². The Labute approximate surface area is 128 Å². The van der Waals surface area contributed by atoms with E-state index in [9.17, 15) is 4.79 Å². The van der Waals surface area contributed by atoms with E-state index in [1.165, 1.54) is 32.1 Å². The molecule has 1 atom stereocenters. The molecule has 1 amide bonds. The molecule has 0 bridgehead atoms. The second kappa shape index (κ2) is 7.08. The van der Waals surface area contributed by atoms with Crippen LogP contribution in [0.2, 0.25) is 0 Å². The van der Waals surface area contributed by atoms with Gasteiger partial charge in [0.15, 0.2) is 0 Å². The normalized spacial score (nSPS) is 19.0. The maximum atomic E-state index is 12.6. The van der Waals surface area contributed by atoms with Crippen LogP contribution in [0.3, 0.4) is 0 Å². The molecule has 1 saturated carbocycles. The van der Waals surface area contributed by atoms with Gasteiger partial charge in [-0.1, -0.05) is 62.4 Å². The first-order chi connectivity index (χ1) is 10.0. The molecule has 0 spiro atoms. The summed E-state index contributed by atoms with van der Waals surface area (Å²) >= 11 is 0. The number of carbonyl (C=O) groups is 1. The highest BCUT2D eigenvalue weighted by atomic mass is 16.2. The third-order valence-electron chi connectivity index (χ3n) is 4.76. The van der Waals surface area contributed by atoms with Crippen molar-refractivity contribution in [2.24, 2.45) is 11.7 Å². The highest BCUT2D eigenvalue weighted by molar-refractivity contribution is 5.86. The fourth-order valence-electron chi connectivity index (χ4n) is 3.26. The number of likely N-dealkylation sites (N-methyl/N-ethyl adjacent to an activating group) is 1. The van der Waals surface area contributed by atoms with Gasteiger partial charge in [0, 0.05) is 13.6 Å². The highest BCUT2D eigenvalue weighted by Crippen LogP contribution is 2.27. The van der Waals surface area contributed by atoms with E-state index in [0.717, 1.165) is 24.4 Å². The molecule has 116 valence electrons. The second-order valence-corrected chi connectivity index (χ2v) is 6.59. The fraction of sp³-hybridized carbons (Fsp3) is 0.611. The second-order valence-electron chi connectivity index (χ2n) is 6.59. The molecule has 1 aliphatic carbocycles. The smallest absolute Gasteiger partial charge is 0.246 e. The molecule has 0 saturated heterocycles. The first kappa shape index (κ1) is 16.0. The van der Waals surface area contributed by atoms with E-state index in [2.05, 4.69) is 0 Å². The Hall–Kier alpha value is -1.35. The van der Waals surface area contributed by atoms with Gasteiger partial charge in [-0.3, -0.25) is 4.79 Å². The lowest BCUT2D eigenvalue weighted by Gasteiger charge is -2.31. The molecule has 3 heteroatoms. The molecule has 0 heterocycles. The third-order valence-corrected chi connectivity index (χ3v) is 4.76. The molecule has 0 radical (unpaired) electrons. The summed E-state index contributed by atoms with van der Waals surface area (Å²) in [4.78, 5) is 14.4. The summed E-state index contributed by atoms with van der Waals surface area (Å²) in [6, 6.07) is 9.64. The van der Waals surface area contributed by atoms with Crippen LogP contribution in [0, 0.1) is 5.92 Å². The van der Waals surface area contributed by atoms with Gasteiger partial charge in [-0.25, -0.2) is 0 Å². The number of hydrogen-bond donors (Lipinski definition) is 1. The van der Waals surface area contributed by atoms with E-state index in [0.29, 0.717) is 0 Å². The number of hydrogen-bond acceptors (Lipinski definition) is 2. The average molecular weight is 288 g/mol. The fourth-order valence-corrected chi connectivity index (χ4v) is 3.26. The number of carbonyl (C=O) groups excluding carboxylic acids is 1. The van der Waals surface area contributed by atoms with Crippen LogP contribution >= 0.6 is 0 Å². The van der Waals surface area contributed by atoms with Crippen LogP contribution in [0.5, 0.6) is 0 Å². The lowest BCUT2D eigenvalue weighted by atomic mass is 9.86. The van der Waals surface area contributed by atoms with Crippen molar-refractivity contribution in [3.63, 3.8) is 0 Å². The predicted molar refractivity (Wildman–Crippen MR) is 86.8 cm³/mol. The molecular weight excluding hydrogens is 260 g/mol. The van der Waals surface area contributed by atoms with Crippen molar-refractivity contribution in [1.82, 2.24) is 4.90 Å². The summed E-state index contributed by atoms with van der Waals surface area (Å²) < 4.78 is 0. The molecule has 1 aromatic carbocycles. The van der Waals surface area contributed by atoms with Crippen LogP contribution < -0.4 is 5.73 Å². The Morgan fingerprint density at radius 2 is 1.86 bits per heavy atom. The predicted octanol–water partition coefficient (Wildman–Crippen LogP) is 3.29. The minimum absolute atomic E-state index is 0.00418. The topological polar surface area (TPSA) is 46.3 Å². The molecular formula is C18H28N2O. The van der Waals surface area contributed by atoms with E-state index in [1.54, 1.807) is 0 Å². The van der Waals surface area contributed by atoms with Gasteiger partial charge in [0.05, 0.1) is 0 Å². The largest absolute Gasteiger partial charge is 0.344 e. The molecule has 1 aromatic rings.